The number of nitriles is 1. The second kappa shape index (κ2) is 5.88. The summed E-state index contributed by atoms with van der Waals surface area (Å²) in [6.07, 6.45) is 0.796. The molecule has 108 valence electrons. The van der Waals surface area contributed by atoms with Crippen molar-refractivity contribution in [1.29, 1.82) is 5.26 Å². The van der Waals surface area contributed by atoms with Gasteiger partial charge in [0, 0.05) is 13.6 Å². The Hall–Kier alpha value is -2.14. The molecule has 0 amide bonds. The molecule has 1 fully saturated rings. The number of morpholine rings is 1. The van der Waals surface area contributed by atoms with Crippen LogP contribution in [0.15, 0.2) is 0 Å². The zero-order valence-electron chi connectivity index (χ0n) is 11.6. The van der Waals surface area contributed by atoms with Crippen LogP contribution in [0.5, 0.6) is 0 Å². The number of ether oxygens (including phenoxy) is 1. The number of rotatable bonds is 4. The van der Waals surface area contributed by atoms with E-state index in [2.05, 4.69) is 5.10 Å². The van der Waals surface area contributed by atoms with Gasteiger partial charge in [-0.25, -0.2) is 4.68 Å². The summed E-state index contributed by atoms with van der Waals surface area (Å²) in [4.78, 5) is 12.8. The van der Waals surface area contributed by atoms with Crippen LogP contribution in [-0.2, 0) is 18.2 Å². The Labute approximate surface area is 116 Å². The van der Waals surface area contributed by atoms with Crippen molar-refractivity contribution >= 4 is 11.5 Å². The Balaban J connectivity index is 2.40. The number of anilines is 1. The van der Waals surface area contributed by atoms with E-state index >= 15 is 0 Å². The second-order valence-corrected chi connectivity index (χ2v) is 4.68. The van der Waals surface area contributed by atoms with Gasteiger partial charge in [0.1, 0.15) is 5.69 Å². The van der Waals surface area contributed by atoms with Crippen molar-refractivity contribution in [2.75, 3.05) is 24.6 Å². The van der Waals surface area contributed by atoms with E-state index in [1.807, 2.05) is 17.9 Å². The zero-order valence-corrected chi connectivity index (χ0v) is 11.6. The van der Waals surface area contributed by atoms with Crippen LogP contribution in [-0.4, -0.2) is 40.5 Å². The molecule has 1 saturated heterocycles. The fraction of sp³-hybridized carbons (Fsp3) is 0.667. The molecule has 0 N–H and O–H groups in total. The van der Waals surface area contributed by atoms with Crippen molar-refractivity contribution in [3.05, 3.63) is 15.8 Å². The first-order valence-corrected chi connectivity index (χ1v) is 6.54. The summed E-state index contributed by atoms with van der Waals surface area (Å²) in [5, 5.41) is 24.5. The van der Waals surface area contributed by atoms with Crippen LogP contribution in [0.1, 0.15) is 19.0 Å². The first kappa shape index (κ1) is 14.3. The van der Waals surface area contributed by atoms with E-state index in [4.69, 9.17) is 10.00 Å². The molecule has 8 nitrogen and oxygen atoms in total. The van der Waals surface area contributed by atoms with Gasteiger partial charge >= 0.3 is 5.69 Å². The van der Waals surface area contributed by atoms with Gasteiger partial charge in [-0.1, -0.05) is 13.3 Å². The Morgan fingerprint density at radius 3 is 3.00 bits per heavy atom. The molecule has 1 atom stereocenters. The van der Waals surface area contributed by atoms with Gasteiger partial charge in [0.05, 0.1) is 24.1 Å². The van der Waals surface area contributed by atoms with Crippen LogP contribution >= 0.6 is 0 Å². The quantitative estimate of drug-likeness (QED) is 0.602. The van der Waals surface area contributed by atoms with Gasteiger partial charge in [-0.15, -0.1) is 0 Å². The van der Waals surface area contributed by atoms with E-state index in [1.165, 1.54) is 4.68 Å². The molecule has 0 bridgehead atoms. The van der Waals surface area contributed by atoms with Crippen LogP contribution in [0.2, 0.25) is 0 Å². The molecule has 1 aromatic heterocycles. The smallest absolute Gasteiger partial charge is 0.334 e. The van der Waals surface area contributed by atoms with Crippen LogP contribution in [0.25, 0.3) is 0 Å². The van der Waals surface area contributed by atoms with Crippen molar-refractivity contribution in [2.24, 2.45) is 7.05 Å². The second-order valence-electron chi connectivity index (χ2n) is 4.68. The molecule has 2 rings (SSSR count). The first-order chi connectivity index (χ1) is 9.58. The normalized spacial score (nSPS) is 18.9. The van der Waals surface area contributed by atoms with Crippen LogP contribution in [0.3, 0.4) is 0 Å². The van der Waals surface area contributed by atoms with Crippen molar-refractivity contribution in [3.63, 3.8) is 0 Å². The number of aryl methyl sites for hydroxylation is 2. The summed E-state index contributed by atoms with van der Waals surface area (Å²) in [6.45, 7) is 3.18. The molecule has 2 heterocycles. The lowest BCUT2D eigenvalue weighted by molar-refractivity contribution is -0.384. The van der Waals surface area contributed by atoms with Gasteiger partial charge in [-0.2, -0.15) is 10.4 Å². The molecule has 1 aliphatic heterocycles. The SMILES string of the molecule is CCCc1nn(C)c(N2CCOC(C#N)C2)c1[N+](=O)[O-]. The molecule has 0 saturated carbocycles. The van der Waals surface area contributed by atoms with Crippen molar-refractivity contribution in [3.8, 4) is 6.07 Å². The number of hydrogen-bond donors (Lipinski definition) is 0. The molecule has 0 aliphatic carbocycles. The van der Waals surface area contributed by atoms with Crippen molar-refractivity contribution < 1.29 is 9.66 Å². The molecular weight excluding hydrogens is 262 g/mol. The molecule has 0 spiro atoms. The van der Waals surface area contributed by atoms with E-state index in [0.717, 1.165) is 6.42 Å². The minimum Gasteiger partial charge on any atom is -0.360 e. The topological polar surface area (TPSA) is 97.2 Å². The van der Waals surface area contributed by atoms with Crippen LogP contribution in [0.4, 0.5) is 11.5 Å². The van der Waals surface area contributed by atoms with Gasteiger partial charge in [-0.3, -0.25) is 10.1 Å². The Morgan fingerprint density at radius 1 is 1.65 bits per heavy atom. The van der Waals surface area contributed by atoms with E-state index < -0.39 is 6.10 Å². The number of nitrogens with zero attached hydrogens (tertiary/aromatic N) is 5. The molecule has 8 heteroatoms. The molecule has 1 unspecified atom stereocenters. The monoisotopic (exact) mass is 279 g/mol. The summed E-state index contributed by atoms with van der Waals surface area (Å²) in [5.41, 5.74) is 0.544. The predicted octanol–water partition coefficient (Wildman–Crippen LogP) is 1.01. The fourth-order valence-corrected chi connectivity index (χ4v) is 2.42. The van der Waals surface area contributed by atoms with E-state index in [-0.39, 0.29) is 10.6 Å². The molecule has 0 radical (unpaired) electrons. The lowest BCUT2D eigenvalue weighted by atomic mass is 10.2. The molecule has 1 aliphatic rings. The summed E-state index contributed by atoms with van der Waals surface area (Å²) < 4.78 is 6.80. The number of hydrogen-bond acceptors (Lipinski definition) is 6. The summed E-state index contributed by atoms with van der Waals surface area (Å²) in [7, 11) is 1.69. The standard InChI is InChI=1S/C12H17N5O3/c1-3-4-10-11(17(18)19)12(15(2)14-10)16-5-6-20-9(7-13)8-16/h9H,3-6,8H2,1-2H3. The first-order valence-electron chi connectivity index (χ1n) is 6.54. The third-order valence-electron chi connectivity index (χ3n) is 3.24. The Morgan fingerprint density at radius 2 is 2.40 bits per heavy atom. The van der Waals surface area contributed by atoms with Gasteiger partial charge in [0.25, 0.3) is 0 Å². The molecular formula is C12H17N5O3. The zero-order chi connectivity index (χ0) is 14.7. The van der Waals surface area contributed by atoms with Crippen LogP contribution in [0, 0.1) is 21.4 Å². The average Bonchev–Trinajstić information content (AvgIpc) is 2.76. The third kappa shape index (κ3) is 2.58. The number of nitro groups is 1. The maximum atomic E-state index is 11.4. The van der Waals surface area contributed by atoms with Gasteiger partial charge in [0.2, 0.25) is 5.82 Å². The van der Waals surface area contributed by atoms with Gasteiger partial charge in [0.15, 0.2) is 6.10 Å². The summed E-state index contributed by atoms with van der Waals surface area (Å²) in [5.74, 6) is 0.460. The molecule has 0 aromatic carbocycles. The van der Waals surface area contributed by atoms with Crippen molar-refractivity contribution in [1.82, 2.24) is 9.78 Å². The highest BCUT2D eigenvalue weighted by molar-refractivity contribution is 5.62. The summed E-state index contributed by atoms with van der Waals surface area (Å²) >= 11 is 0. The average molecular weight is 279 g/mol. The lowest BCUT2D eigenvalue weighted by Gasteiger charge is -2.30. The van der Waals surface area contributed by atoms with E-state index in [1.54, 1.807) is 7.05 Å². The maximum Gasteiger partial charge on any atom is 0.334 e. The minimum atomic E-state index is -0.562. The fourth-order valence-electron chi connectivity index (χ4n) is 2.42. The largest absolute Gasteiger partial charge is 0.360 e. The summed E-state index contributed by atoms with van der Waals surface area (Å²) in [6, 6.07) is 2.04. The van der Waals surface area contributed by atoms with E-state index in [9.17, 15) is 10.1 Å². The maximum absolute atomic E-state index is 11.4. The predicted molar refractivity (Wildman–Crippen MR) is 71.4 cm³/mol. The highest BCUT2D eigenvalue weighted by atomic mass is 16.6. The highest BCUT2D eigenvalue weighted by Crippen LogP contribution is 2.33. The molecule has 20 heavy (non-hydrogen) atoms. The lowest BCUT2D eigenvalue weighted by Crippen LogP contribution is -2.42. The van der Waals surface area contributed by atoms with Gasteiger partial charge in [-0.05, 0) is 6.42 Å². The third-order valence-corrected chi connectivity index (χ3v) is 3.24. The van der Waals surface area contributed by atoms with Crippen molar-refractivity contribution in [2.45, 2.75) is 25.9 Å². The van der Waals surface area contributed by atoms with Crippen LogP contribution < -0.4 is 4.90 Å². The minimum absolute atomic E-state index is 0.0490. The Kier molecular flexibility index (Phi) is 4.20. The van der Waals surface area contributed by atoms with Gasteiger partial charge < -0.3 is 9.64 Å². The Bertz CT molecular complexity index is 548. The van der Waals surface area contributed by atoms with E-state index in [0.29, 0.717) is 37.6 Å². The number of aromatic nitrogens is 2. The highest BCUT2D eigenvalue weighted by Gasteiger charge is 2.32. The molecule has 1 aromatic rings.